The first kappa shape index (κ1) is 22.2. The van der Waals surface area contributed by atoms with Gasteiger partial charge in [-0.3, -0.25) is 18.9 Å². The second-order valence-corrected chi connectivity index (χ2v) is 8.17. The zero-order valence-corrected chi connectivity index (χ0v) is 18.0. The van der Waals surface area contributed by atoms with E-state index in [1.807, 2.05) is 25.1 Å². The van der Waals surface area contributed by atoms with E-state index in [2.05, 4.69) is 4.98 Å². The van der Waals surface area contributed by atoms with E-state index >= 15 is 0 Å². The smallest absolute Gasteiger partial charge is 0.396 e. The second kappa shape index (κ2) is 10.0. The van der Waals surface area contributed by atoms with Crippen molar-refractivity contribution in [1.82, 2.24) is 9.55 Å². The van der Waals surface area contributed by atoms with E-state index in [9.17, 15) is 4.79 Å². The van der Waals surface area contributed by atoms with Crippen molar-refractivity contribution in [1.29, 1.82) is 0 Å². The van der Waals surface area contributed by atoms with Crippen LogP contribution in [0.15, 0.2) is 29.2 Å². The first-order valence-electron chi connectivity index (χ1n) is 9.14. The summed E-state index contributed by atoms with van der Waals surface area (Å²) in [6, 6.07) is 5.74. The number of rotatable bonds is 3. The van der Waals surface area contributed by atoms with Crippen molar-refractivity contribution in [3.05, 3.63) is 56.2 Å². The van der Waals surface area contributed by atoms with Crippen molar-refractivity contribution in [2.24, 2.45) is 0 Å². The highest BCUT2D eigenvalue weighted by Crippen LogP contribution is 2.47. The number of nitrogens with one attached hydrogen (secondary N) is 1. The standard InChI is InChI=1S/C9H11BN2O2S.C9H10BO3P/c1-5-4-12(9(15)11-8(5)13)7-3-2-6(10)14-7;1-7-3-2-4-8-5-11-14(12-6-10)13-9(7)8/h4,6-7H,2-3H2,1H3,(H,11,13,15);2-4H,5-6H2,1H3/t6-,7?;/m0./s1. The number of ether oxygens (including phenoxy) is 1. The molecule has 4 radical (unpaired) electrons. The lowest BCUT2D eigenvalue weighted by Crippen LogP contribution is -2.19. The molecule has 1 aromatic carbocycles. The number of aryl methyl sites for hydroxylation is 2. The van der Waals surface area contributed by atoms with Gasteiger partial charge in [0.05, 0.1) is 6.61 Å². The molecule has 2 aromatic rings. The number of hydrogen-bond donors (Lipinski definition) is 1. The third-order valence-corrected chi connectivity index (χ3v) is 5.80. The van der Waals surface area contributed by atoms with Gasteiger partial charge in [0.15, 0.2) is 4.77 Å². The third kappa shape index (κ3) is 5.58. The summed E-state index contributed by atoms with van der Waals surface area (Å²) in [6.45, 7) is 4.38. The second-order valence-electron chi connectivity index (χ2n) is 6.63. The zero-order chi connectivity index (χ0) is 21.0. The van der Waals surface area contributed by atoms with Gasteiger partial charge >= 0.3 is 8.60 Å². The predicted molar refractivity (Wildman–Crippen MR) is 115 cm³/mol. The number of fused-ring (bicyclic) bond motifs is 1. The molecule has 3 heterocycles. The number of benzene rings is 1. The van der Waals surface area contributed by atoms with Crippen molar-refractivity contribution >= 4 is 36.5 Å². The molecule has 2 unspecified atom stereocenters. The van der Waals surface area contributed by atoms with Crippen LogP contribution in [-0.4, -0.2) is 37.8 Å². The minimum atomic E-state index is -1.30. The van der Waals surface area contributed by atoms with Crippen LogP contribution in [0.1, 0.15) is 35.8 Å². The van der Waals surface area contributed by atoms with Crippen molar-refractivity contribution in [2.75, 3.05) is 6.51 Å². The van der Waals surface area contributed by atoms with Gasteiger partial charge in [0.2, 0.25) is 0 Å². The lowest BCUT2D eigenvalue weighted by Gasteiger charge is -2.24. The van der Waals surface area contributed by atoms with E-state index in [1.165, 1.54) is 0 Å². The first-order chi connectivity index (χ1) is 13.9. The lowest BCUT2D eigenvalue weighted by molar-refractivity contribution is 0.0353. The van der Waals surface area contributed by atoms with Crippen molar-refractivity contribution < 1.29 is 18.3 Å². The summed E-state index contributed by atoms with van der Waals surface area (Å²) in [6.07, 6.45) is 3.19. The molecule has 11 heteroatoms. The maximum absolute atomic E-state index is 11.3. The summed E-state index contributed by atoms with van der Waals surface area (Å²) in [4.78, 5) is 13.9. The molecule has 1 saturated heterocycles. The number of H-pyrrole nitrogens is 1. The summed E-state index contributed by atoms with van der Waals surface area (Å²) in [5.74, 6) is 0.873. The molecule has 1 N–H and O–H groups in total. The van der Waals surface area contributed by atoms with E-state index in [1.54, 1.807) is 17.7 Å². The number of aromatic nitrogens is 2. The van der Waals surface area contributed by atoms with Crippen molar-refractivity contribution in [3.63, 3.8) is 0 Å². The van der Waals surface area contributed by atoms with Gasteiger partial charge in [0.1, 0.15) is 27.7 Å². The summed E-state index contributed by atoms with van der Waals surface area (Å²) in [5, 5.41) is 0. The Morgan fingerprint density at radius 3 is 2.83 bits per heavy atom. The van der Waals surface area contributed by atoms with Gasteiger partial charge in [-0.1, -0.05) is 18.2 Å². The number of para-hydroxylation sites is 1. The van der Waals surface area contributed by atoms with Gasteiger partial charge in [0.25, 0.3) is 5.56 Å². The van der Waals surface area contributed by atoms with Gasteiger partial charge < -0.3 is 13.8 Å². The molecule has 7 nitrogen and oxygen atoms in total. The molecule has 1 aromatic heterocycles. The molecule has 4 rings (SSSR count). The summed E-state index contributed by atoms with van der Waals surface area (Å²) in [5.41, 5.74) is 2.62. The molecule has 2 aliphatic heterocycles. The zero-order valence-electron chi connectivity index (χ0n) is 16.3. The quantitative estimate of drug-likeness (QED) is 0.458. The number of aromatic amines is 1. The molecule has 2 aliphatic rings. The maximum atomic E-state index is 11.3. The Labute approximate surface area is 178 Å². The largest absolute Gasteiger partial charge is 0.426 e. The molecule has 3 atom stereocenters. The third-order valence-electron chi connectivity index (χ3n) is 4.45. The minimum Gasteiger partial charge on any atom is -0.426 e. The SMILES string of the molecule is [B]COP1OCc2cccc(C)c2O1.[B][C@@H]1CCC(n2cc(C)c(=O)[nH]c2=S)O1. The Bertz CT molecular complexity index is 970. The fourth-order valence-corrected chi connectivity index (χ4v) is 4.17. The monoisotopic (exact) mass is 430 g/mol. The average molecular weight is 430 g/mol. The molecule has 29 heavy (non-hydrogen) atoms. The average Bonchev–Trinajstić information content (AvgIpc) is 3.12. The van der Waals surface area contributed by atoms with Crippen LogP contribution in [0.4, 0.5) is 0 Å². The molecule has 0 spiro atoms. The van der Waals surface area contributed by atoms with Crippen LogP contribution in [0.3, 0.4) is 0 Å². The molecular formula is C18H21B2N2O5PS. The van der Waals surface area contributed by atoms with E-state index < -0.39 is 8.60 Å². The van der Waals surface area contributed by atoms with Crippen molar-refractivity contribution in [3.8, 4) is 5.75 Å². The van der Waals surface area contributed by atoms with Crippen LogP contribution >= 0.6 is 20.8 Å². The van der Waals surface area contributed by atoms with Crippen LogP contribution in [0.5, 0.6) is 5.75 Å². The highest BCUT2D eigenvalue weighted by Gasteiger charge is 2.24. The maximum Gasteiger partial charge on any atom is 0.396 e. The topological polar surface area (TPSA) is 74.7 Å². The Morgan fingerprint density at radius 2 is 2.14 bits per heavy atom. The van der Waals surface area contributed by atoms with E-state index in [-0.39, 0.29) is 24.3 Å². The Balaban J connectivity index is 0.000000166. The van der Waals surface area contributed by atoms with E-state index in [4.69, 9.17) is 46.2 Å². The number of hydrogen-bond acceptors (Lipinski definition) is 6. The van der Waals surface area contributed by atoms with Gasteiger partial charge in [-0.25, -0.2) is 0 Å². The minimum absolute atomic E-state index is 0.118. The molecule has 150 valence electrons. The van der Waals surface area contributed by atoms with Crippen LogP contribution in [0.25, 0.3) is 0 Å². The Morgan fingerprint density at radius 1 is 1.34 bits per heavy atom. The fourth-order valence-electron chi connectivity index (χ4n) is 2.95. The van der Waals surface area contributed by atoms with Crippen LogP contribution in [-0.2, 0) is 20.4 Å². The fraction of sp³-hybridized carbons (Fsp3) is 0.444. The summed E-state index contributed by atoms with van der Waals surface area (Å²) in [7, 11) is 9.59. The molecule has 0 bridgehead atoms. The normalized spacial score (nSPS) is 22.9. The van der Waals surface area contributed by atoms with Crippen LogP contribution in [0, 0.1) is 18.6 Å². The lowest BCUT2D eigenvalue weighted by atomic mass is 9.98. The molecule has 0 amide bonds. The van der Waals surface area contributed by atoms with Gasteiger partial charge in [-0.15, -0.1) is 0 Å². The number of nitrogens with zero attached hydrogens (tertiary/aromatic N) is 1. The molecule has 0 saturated carbocycles. The van der Waals surface area contributed by atoms with Gasteiger partial charge in [-0.05, 0) is 44.5 Å². The highest BCUT2D eigenvalue weighted by molar-refractivity contribution is 7.71. The summed E-state index contributed by atoms with van der Waals surface area (Å²) >= 11 is 5.06. The molecule has 1 fully saturated rings. The van der Waals surface area contributed by atoms with Crippen LogP contribution < -0.4 is 10.1 Å². The summed E-state index contributed by atoms with van der Waals surface area (Å²) < 4.78 is 23.6. The van der Waals surface area contributed by atoms with Crippen molar-refractivity contribution in [2.45, 2.75) is 45.5 Å². The highest BCUT2D eigenvalue weighted by atomic mass is 32.1. The predicted octanol–water partition coefficient (Wildman–Crippen LogP) is 3.29. The Kier molecular flexibility index (Phi) is 7.71. The van der Waals surface area contributed by atoms with Gasteiger partial charge in [0, 0.05) is 29.8 Å². The Hall–Kier alpha value is -1.44. The molecule has 0 aliphatic carbocycles. The molecular weight excluding hydrogens is 409 g/mol. The first-order valence-corrected chi connectivity index (χ1v) is 10.6. The van der Waals surface area contributed by atoms with E-state index in [0.717, 1.165) is 29.7 Å². The van der Waals surface area contributed by atoms with Gasteiger partial charge in [-0.2, -0.15) is 0 Å². The van der Waals surface area contributed by atoms with E-state index in [0.29, 0.717) is 16.9 Å². The van der Waals surface area contributed by atoms with Crippen LogP contribution in [0.2, 0.25) is 0 Å².